The topological polar surface area (TPSA) is 25.8 Å². The highest BCUT2D eigenvalue weighted by Gasteiger charge is 2.25. The Morgan fingerprint density at radius 3 is 1.68 bits per heavy atom. The van der Waals surface area contributed by atoms with Gasteiger partial charge in [0.15, 0.2) is 0 Å². The molecule has 0 radical (unpaired) electrons. The monoisotopic (exact) mass is 522 g/mol. The highest BCUT2D eigenvalue weighted by molar-refractivity contribution is 8.25. The van der Waals surface area contributed by atoms with E-state index in [2.05, 4.69) is 115 Å². The van der Waals surface area contributed by atoms with Crippen LogP contribution < -0.4 is 15.9 Å². The molecule has 7 rings (SSSR count). The van der Waals surface area contributed by atoms with Crippen LogP contribution in [0.1, 0.15) is 0 Å². The minimum Gasteiger partial charge on any atom is -0.244 e. The Bertz CT molecular complexity index is 1960. The number of hydrogen-bond donors (Lipinski definition) is 0. The van der Waals surface area contributed by atoms with Crippen molar-refractivity contribution in [3.63, 3.8) is 0 Å². The van der Waals surface area contributed by atoms with E-state index in [9.17, 15) is 0 Å². The van der Waals surface area contributed by atoms with E-state index in [1.165, 1.54) is 15.9 Å². The summed E-state index contributed by atoms with van der Waals surface area (Å²) in [6.07, 6.45) is 0. The van der Waals surface area contributed by atoms with Crippen LogP contribution in [-0.2, 0) is 11.8 Å². The summed E-state index contributed by atoms with van der Waals surface area (Å²) in [6.45, 7) is 0. The number of nitrogens with zero attached hydrogens (tertiary/aromatic N) is 2. The third-order valence-electron chi connectivity index (χ3n) is 7.11. The molecular formula is C34H23N2PS. The number of hydrogen-bond acceptors (Lipinski definition) is 3. The minimum absolute atomic E-state index is 0.897. The highest BCUT2D eigenvalue weighted by Crippen LogP contribution is 2.44. The quantitative estimate of drug-likeness (QED) is 0.137. The van der Waals surface area contributed by atoms with Crippen molar-refractivity contribution in [3.8, 4) is 11.1 Å². The smallest absolute Gasteiger partial charge is 0.0973 e. The Morgan fingerprint density at radius 2 is 1.00 bits per heavy atom. The first kappa shape index (κ1) is 23.0. The SMILES string of the molecule is S=P(c1ccccc1)(c1ccccc1)c1cccc(-c2cc3nc4ccccc4nc3c3ccccc23)c1. The molecule has 0 amide bonds. The summed E-state index contributed by atoms with van der Waals surface area (Å²) in [6, 6.07) is 46.4. The molecule has 6 aromatic carbocycles. The van der Waals surface area contributed by atoms with Crippen LogP contribution in [-0.4, -0.2) is 9.97 Å². The summed E-state index contributed by atoms with van der Waals surface area (Å²) >= 11 is 6.63. The number of benzene rings is 6. The van der Waals surface area contributed by atoms with Gasteiger partial charge in [-0.1, -0.05) is 127 Å². The van der Waals surface area contributed by atoms with Crippen molar-refractivity contribution in [2.75, 3.05) is 0 Å². The zero-order valence-corrected chi connectivity index (χ0v) is 22.2. The molecule has 7 aromatic rings. The van der Waals surface area contributed by atoms with Crippen LogP contribution in [0.3, 0.4) is 0 Å². The van der Waals surface area contributed by atoms with Crippen molar-refractivity contribution < 1.29 is 0 Å². The summed E-state index contributed by atoms with van der Waals surface area (Å²) in [5.74, 6) is 0. The molecule has 1 aromatic heterocycles. The molecular weight excluding hydrogens is 499 g/mol. The Kier molecular flexibility index (Phi) is 5.62. The number of para-hydroxylation sites is 2. The Balaban J connectivity index is 1.49. The van der Waals surface area contributed by atoms with Gasteiger partial charge in [0.25, 0.3) is 0 Å². The molecule has 1 heterocycles. The van der Waals surface area contributed by atoms with Crippen LogP contribution in [0.25, 0.3) is 44.0 Å². The average Bonchev–Trinajstić information content (AvgIpc) is 3.00. The third-order valence-corrected chi connectivity index (χ3v) is 12.1. The summed E-state index contributed by atoms with van der Waals surface area (Å²) in [5, 5.41) is 5.83. The average molecular weight is 523 g/mol. The van der Waals surface area contributed by atoms with Crippen LogP contribution in [0.4, 0.5) is 0 Å². The molecule has 0 aliphatic heterocycles. The van der Waals surface area contributed by atoms with Crippen molar-refractivity contribution >= 4 is 66.6 Å². The fourth-order valence-corrected chi connectivity index (χ4v) is 9.05. The van der Waals surface area contributed by atoms with E-state index < -0.39 is 6.04 Å². The summed E-state index contributed by atoms with van der Waals surface area (Å²) in [5.41, 5.74) is 5.91. The Labute approximate surface area is 226 Å². The number of aromatic nitrogens is 2. The number of rotatable bonds is 4. The van der Waals surface area contributed by atoms with Crippen LogP contribution >= 0.6 is 6.04 Å². The Hall–Kier alpha value is -4.17. The molecule has 0 bridgehead atoms. The normalized spacial score (nSPS) is 11.8. The fraction of sp³-hybridized carbons (Fsp3) is 0. The van der Waals surface area contributed by atoms with Crippen molar-refractivity contribution in [1.29, 1.82) is 0 Å². The lowest BCUT2D eigenvalue weighted by Gasteiger charge is -2.24. The first-order chi connectivity index (χ1) is 18.7. The Morgan fingerprint density at radius 1 is 0.447 bits per heavy atom. The van der Waals surface area contributed by atoms with Gasteiger partial charge in [0.05, 0.1) is 22.1 Å². The summed E-state index contributed by atoms with van der Waals surface area (Å²) in [7, 11) is 0. The minimum atomic E-state index is -2.26. The van der Waals surface area contributed by atoms with Crippen molar-refractivity contribution in [2.45, 2.75) is 0 Å². The van der Waals surface area contributed by atoms with Gasteiger partial charge in [-0.05, 0) is 56.7 Å². The van der Waals surface area contributed by atoms with E-state index in [1.54, 1.807) is 0 Å². The second-order valence-corrected chi connectivity index (χ2v) is 13.8. The molecule has 180 valence electrons. The largest absolute Gasteiger partial charge is 0.244 e. The van der Waals surface area contributed by atoms with E-state index in [-0.39, 0.29) is 0 Å². The lowest BCUT2D eigenvalue weighted by molar-refractivity contribution is 1.41. The van der Waals surface area contributed by atoms with Gasteiger partial charge in [-0.15, -0.1) is 0 Å². The second kappa shape index (κ2) is 9.29. The van der Waals surface area contributed by atoms with Gasteiger partial charge < -0.3 is 0 Å². The van der Waals surface area contributed by atoms with Crippen molar-refractivity contribution in [2.24, 2.45) is 0 Å². The predicted octanol–water partition coefficient (Wildman–Crippen LogP) is 7.36. The molecule has 0 saturated carbocycles. The van der Waals surface area contributed by atoms with Gasteiger partial charge in [0, 0.05) is 11.4 Å². The third kappa shape index (κ3) is 3.75. The van der Waals surface area contributed by atoms with Crippen LogP contribution in [0, 0.1) is 0 Å². The summed E-state index contributed by atoms with van der Waals surface area (Å²) < 4.78 is 0. The lowest BCUT2D eigenvalue weighted by Crippen LogP contribution is -2.24. The standard InChI is InChI=1S/C34H23N2PS/c38-37(25-13-3-1-4-14-25,26-15-5-2-6-16-26)27-17-11-12-24(22-27)30-23-33-34(29-19-8-7-18-28(29)30)36-32-21-10-9-20-31(32)35-33/h1-23H. The maximum absolute atomic E-state index is 6.63. The van der Waals surface area contributed by atoms with Gasteiger partial charge in [-0.2, -0.15) is 0 Å². The molecule has 0 saturated heterocycles. The maximum Gasteiger partial charge on any atom is 0.0973 e. The van der Waals surface area contributed by atoms with E-state index >= 15 is 0 Å². The molecule has 0 fully saturated rings. The molecule has 38 heavy (non-hydrogen) atoms. The van der Waals surface area contributed by atoms with Gasteiger partial charge in [0.1, 0.15) is 0 Å². The van der Waals surface area contributed by atoms with Crippen molar-refractivity contribution in [1.82, 2.24) is 9.97 Å². The summed E-state index contributed by atoms with van der Waals surface area (Å²) in [4.78, 5) is 10.0. The predicted molar refractivity (Wildman–Crippen MR) is 166 cm³/mol. The maximum atomic E-state index is 6.63. The van der Waals surface area contributed by atoms with Gasteiger partial charge in [-0.3, -0.25) is 0 Å². The lowest BCUT2D eigenvalue weighted by atomic mass is 9.97. The molecule has 0 spiro atoms. The molecule has 4 heteroatoms. The zero-order chi connectivity index (χ0) is 25.5. The fourth-order valence-electron chi connectivity index (χ4n) is 5.28. The van der Waals surface area contributed by atoms with Gasteiger partial charge in [-0.25, -0.2) is 9.97 Å². The number of fused-ring (bicyclic) bond motifs is 4. The molecule has 2 nitrogen and oxygen atoms in total. The van der Waals surface area contributed by atoms with E-state index in [0.717, 1.165) is 44.0 Å². The molecule has 0 aliphatic carbocycles. The molecule has 0 atom stereocenters. The van der Waals surface area contributed by atoms with Crippen LogP contribution in [0.2, 0.25) is 0 Å². The second-order valence-electron chi connectivity index (χ2n) is 9.38. The van der Waals surface area contributed by atoms with E-state index in [1.807, 2.05) is 24.3 Å². The zero-order valence-electron chi connectivity index (χ0n) is 20.5. The van der Waals surface area contributed by atoms with E-state index in [0.29, 0.717) is 0 Å². The molecule has 0 N–H and O–H groups in total. The van der Waals surface area contributed by atoms with Gasteiger partial charge >= 0.3 is 0 Å². The highest BCUT2D eigenvalue weighted by atomic mass is 32.4. The van der Waals surface area contributed by atoms with Crippen LogP contribution in [0.15, 0.2) is 140 Å². The first-order valence-electron chi connectivity index (χ1n) is 12.6. The van der Waals surface area contributed by atoms with E-state index in [4.69, 9.17) is 21.8 Å². The molecule has 0 unspecified atom stereocenters. The van der Waals surface area contributed by atoms with Crippen molar-refractivity contribution in [3.05, 3.63) is 140 Å². The molecule has 0 aliphatic rings. The van der Waals surface area contributed by atoms with Gasteiger partial charge in [0.2, 0.25) is 0 Å². The first-order valence-corrected chi connectivity index (χ1v) is 15.4. The van der Waals surface area contributed by atoms with Crippen LogP contribution in [0.5, 0.6) is 0 Å².